The van der Waals surface area contributed by atoms with Gasteiger partial charge in [-0.05, 0) is 80.1 Å². The molecule has 5 nitrogen and oxygen atoms in total. The van der Waals surface area contributed by atoms with Crippen LogP contribution in [0, 0.1) is 25.7 Å². The van der Waals surface area contributed by atoms with E-state index in [-0.39, 0.29) is 34.8 Å². The van der Waals surface area contributed by atoms with Gasteiger partial charge in [0.1, 0.15) is 5.78 Å². The zero-order valence-electron chi connectivity index (χ0n) is 24.6. The third-order valence-corrected chi connectivity index (χ3v) is 14.4. The zero-order chi connectivity index (χ0) is 31.2. The number of halogens is 1. The number of Topliss-reactive ketones (excluding diaryl/α,β-unsaturated/α-hetero) is 1. The minimum atomic E-state index is -3.96. The van der Waals surface area contributed by atoms with E-state index in [4.69, 9.17) is 11.6 Å². The Morgan fingerprint density at radius 3 is 1.73 bits per heavy atom. The summed E-state index contributed by atoms with van der Waals surface area (Å²) in [6.45, 7) is 3.87. The van der Waals surface area contributed by atoms with Crippen molar-refractivity contribution in [2.45, 2.75) is 65.2 Å². The maximum Gasteiger partial charge on any atom is 0.182 e. The Hall–Kier alpha value is -3.26. The molecule has 44 heavy (non-hydrogen) atoms. The van der Waals surface area contributed by atoms with Crippen molar-refractivity contribution >= 4 is 37.1 Å². The fourth-order valence-electron chi connectivity index (χ4n) is 7.36. The minimum absolute atomic E-state index is 0.0367. The molecule has 6 rings (SSSR count). The van der Waals surface area contributed by atoms with Crippen molar-refractivity contribution in [2.75, 3.05) is 0 Å². The SMILES string of the molecule is Cc1ccc([C@@H]2CC(=O)[C@@H]3CC(S(=O)(=O)c4ccc(C)cc4)[C@H](c4ccccc4)C[C@@H]3C2S(=O)(=O)c2ccc(Cl)cc2)cc1. The molecule has 228 valence electrons. The molecule has 6 atom stereocenters. The molecule has 0 bridgehead atoms. The first-order valence-corrected chi connectivity index (χ1v) is 18.4. The van der Waals surface area contributed by atoms with Crippen molar-refractivity contribution < 1.29 is 21.6 Å². The van der Waals surface area contributed by atoms with Crippen LogP contribution in [0.2, 0.25) is 5.02 Å². The van der Waals surface area contributed by atoms with Gasteiger partial charge >= 0.3 is 0 Å². The second-order valence-electron chi connectivity index (χ2n) is 12.3. The average molecular weight is 647 g/mol. The maximum absolute atomic E-state index is 14.6. The molecule has 2 aliphatic rings. The fraction of sp³-hybridized carbons (Fsp3) is 0.306. The fourth-order valence-corrected chi connectivity index (χ4v) is 11.8. The molecule has 8 heteroatoms. The summed E-state index contributed by atoms with van der Waals surface area (Å²) >= 11 is 6.13. The van der Waals surface area contributed by atoms with Crippen LogP contribution in [0.15, 0.2) is 113 Å². The largest absolute Gasteiger partial charge is 0.299 e. The normalized spacial score (nSPS) is 25.8. The van der Waals surface area contributed by atoms with E-state index in [2.05, 4.69) is 0 Å². The quantitative estimate of drug-likeness (QED) is 0.216. The van der Waals surface area contributed by atoms with E-state index < -0.39 is 53.8 Å². The summed E-state index contributed by atoms with van der Waals surface area (Å²) in [7, 11) is -7.80. The number of carbonyl (C=O) groups is 1. The van der Waals surface area contributed by atoms with Gasteiger partial charge in [-0.3, -0.25) is 4.79 Å². The molecule has 0 aromatic heterocycles. The van der Waals surface area contributed by atoms with Crippen molar-refractivity contribution in [1.82, 2.24) is 0 Å². The molecule has 2 fully saturated rings. The lowest BCUT2D eigenvalue weighted by molar-refractivity contribution is -0.128. The highest BCUT2D eigenvalue weighted by Gasteiger charge is 2.56. The molecule has 4 aromatic rings. The van der Waals surface area contributed by atoms with Gasteiger partial charge in [-0.2, -0.15) is 0 Å². The van der Waals surface area contributed by atoms with Crippen molar-refractivity contribution in [3.05, 3.63) is 130 Å². The van der Waals surface area contributed by atoms with Gasteiger partial charge in [-0.25, -0.2) is 16.8 Å². The van der Waals surface area contributed by atoms with Crippen LogP contribution in [0.1, 0.15) is 53.4 Å². The van der Waals surface area contributed by atoms with E-state index >= 15 is 0 Å². The van der Waals surface area contributed by atoms with Gasteiger partial charge in [0.25, 0.3) is 0 Å². The van der Waals surface area contributed by atoms with Crippen LogP contribution >= 0.6 is 11.6 Å². The molecule has 0 saturated heterocycles. The Kier molecular flexibility index (Phi) is 8.33. The first kappa shape index (κ1) is 30.8. The Morgan fingerprint density at radius 1 is 0.591 bits per heavy atom. The highest BCUT2D eigenvalue weighted by molar-refractivity contribution is 7.92. The molecule has 2 saturated carbocycles. The van der Waals surface area contributed by atoms with Crippen LogP contribution in [-0.4, -0.2) is 33.1 Å². The summed E-state index contributed by atoms with van der Waals surface area (Å²) < 4.78 is 57.8. The highest BCUT2D eigenvalue weighted by atomic mass is 35.5. The molecule has 2 unspecified atom stereocenters. The molecule has 0 aliphatic heterocycles. The maximum atomic E-state index is 14.6. The van der Waals surface area contributed by atoms with Gasteiger partial charge in [0.15, 0.2) is 19.7 Å². The second kappa shape index (κ2) is 11.9. The van der Waals surface area contributed by atoms with E-state index in [9.17, 15) is 21.6 Å². The van der Waals surface area contributed by atoms with Crippen LogP contribution in [0.3, 0.4) is 0 Å². The van der Waals surface area contributed by atoms with Crippen LogP contribution in [0.4, 0.5) is 0 Å². The number of ketones is 1. The number of sulfone groups is 2. The van der Waals surface area contributed by atoms with Gasteiger partial charge in [0.2, 0.25) is 0 Å². The van der Waals surface area contributed by atoms with E-state index in [1.807, 2.05) is 68.4 Å². The van der Waals surface area contributed by atoms with E-state index in [1.54, 1.807) is 36.4 Å². The average Bonchev–Trinajstić information content (AvgIpc) is 3.01. The van der Waals surface area contributed by atoms with Gasteiger partial charge in [0, 0.05) is 29.2 Å². The minimum Gasteiger partial charge on any atom is -0.299 e. The second-order valence-corrected chi connectivity index (χ2v) is 17.0. The number of benzene rings is 4. The molecule has 0 heterocycles. The number of rotatable bonds is 6. The number of fused-ring (bicyclic) bond motifs is 1. The van der Waals surface area contributed by atoms with Gasteiger partial charge in [-0.1, -0.05) is 89.5 Å². The molecular weight excluding hydrogens is 612 g/mol. The van der Waals surface area contributed by atoms with Gasteiger partial charge in [-0.15, -0.1) is 0 Å². The van der Waals surface area contributed by atoms with Crippen LogP contribution in [0.25, 0.3) is 0 Å². The molecule has 0 amide bonds. The molecule has 2 aliphatic carbocycles. The Bertz CT molecular complexity index is 1870. The number of carbonyl (C=O) groups excluding carboxylic acids is 1. The summed E-state index contributed by atoms with van der Waals surface area (Å²) in [5.41, 5.74) is 3.62. The zero-order valence-corrected chi connectivity index (χ0v) is 27.0. The molecule has 0 spiro atoms. The highest BCUT2D eigenvalue weighted by Crippen LogP contribution is 2.54. The first-order valence-electron chi connectivity index (χ1n) is 14.9. The summed E-state index contributed by atoms with van der Waals surface area (Å²) in [5, 5.41) is -1.35. The number of hydrogen-bond donors (Lipinski definition) is 0. The third kappa shape index (κ3) is 5.66. The standard InChI is InChI=1S/C36H35ClO5S2/c1-23-8-12-26(13-9-23)31-21-34(38)32-22-35(43(39,40)28-16-10-24(2)11-17-28)30(25-6-4-3-5-7-25)20-33(32)36(31)44(41,42)29-18-14-27(37)15-19-29/h3-19,30-33,35-36H,20-22H2,1-2H3/t30-,31-,32+,33-,35?,36?/m0/s1. The van der Waals surface area contributed by atoms with E-state index in [0.29, 0.717) is 5.02 Å². The monoisotopic (exact) mass is 646 g/mol. The van der Waals surface area contributed by atoms with E-state index in [0.717, 1.165) is 22.3 Å². The summed E-state index contributed by atoms with van der Waals surface area (Å²) in [6.07, 6.45) is 0.373. The summed E-state index contributed by atoms with van der Waals surface area (Å²) in [5.74, 6) is -2.39. The van der Waals surface area contributed by atoms with Crippen LogP contribution < -0.4 is 0 Å². The van der Waals surface area contributed by atoms with Crippen LogP contribution in [0.5, 0.6) is 0 Å². The lowest BCUT2D eigenvalue weighted by Gasteiger charge is -2.48. The Balaban J connectivity index is 1.50. The third-order valence-electron chi connectivity index (χ3n) is 9.61. The molecule has 4 aromatic carbocycles. The smallest absolute Gasteiger partial charge is 0.182 e. The summed E-state index contributed by atoms with van der Waals surface area (Å²) in [6, 6.07) is 30.2. The van der Waals surface area contributed by atoms with Gasteiger partial charge in [0.05, 0.1) is 20.3 Å². The number of hydrogen-bond acceptors (Lipinski definition) is 5. The predicted molar refractivity (Wildman–Crippen MR) is 174 cm³/mol. The predicted octanol–water partition coefficient (Wildman–Crippen LogP) is 7.51. The molecular formula is C36H35ClO5S2. The van der Waals surface area contributed by atoms with E-state index in [1.165, 1.54) is 12.1 Å². The first-order chi connectivity index (χ1) is 21.0. The molecule has 0 N–H and O–H groups in total. The van der Waals surface area contributed by atoms with Crippen molar-refractivity contribution in [3.63, 3.8) is 0 Å². The Morgan fingerprint density at radius 2 is 1.11 bits per heavy atom. The van der Waals surface area contributed by atoms with Crippen LogP contribution in [-0.2, 0) is 24.5 Å². The molecule has 0 radical (unpaired) electrons. The van der Waals surface area contributed by atoms with Crippen molar-refractivity contribution in [3.8, 4) is 0 Å². The van der Waals surface area contributed by atoms with Gasteiger partial charge < -0.3 is 0 Å². The van der Waals surface area contributed by atoms with Crippen molar-refractivity contribution in [2.24, 2.45) is 11.8 Å². The lowest BCUT2D eigenvalue weighted by Crippen LogP contribution is -2.53. The topological polar surface area (TPSA) is 85.3 Å². The van der Waals surface area contributed by atoms with Crippen molar-refractivity contribution in [1.29, 1.82) is 0 Å². The summed E-state index contributed by atoms with van der Waals surface area (Å²) in [4.78, 5) is 14.4. The Labute approximate surface area is 265 Å². The number of aryl methyl sites for hydroxylation is 2. The lowest BCUT2D eigenvalue weighted by atomic mass is 9.61.